The van der Waals surface area contributed by atoms with Gasteiger partial charge in [0.05, 0.1) is 11.8 Å². The van der Waals surface area contributed by atoms with Gasteiger partial charge in [0.25, 0.3) is 0 Å². The fourth-order valence-electron chi connectivity index (χ4n) is 1.40. The molecule has 1 rings (SSSR count). The Balaban J connectivity index is 2.55. The zero-order valence-corrected chi connectivity index (χ0v) is 11.3. The highest BCUT2D eigenvalue weighted by molar-refractivity contribution is 7.14. The van der Waals surface area contributed by atoms with E-state index in [9.17, 15) is 4.79 Å². The average Bonchev–Trinajstić information content (AvgIpc) is 2.66. The lowest BCUT2D eigenvalue weighted by atomic mass is 10.4. The molecule has 1 aromatic rings. The number of hydrogen-bond acceptors (Lipinski definition) is 5. The van der Waals surface area contributed by atoms with Crippen molar-refractivity contribution in [3.8, 4) is 0 Å². The van der Waals surface area contributed by atoms with Crippen molar-refractivity contribution < 1.29 is 9.90 Å². The molecule has 0 saturated heterocycles. The third-order valence-corrected chi connectivity index (χ3v) is 3.13. The van der Waals surface area contributed by atoms with E-state index in [4.69, 9.17) is 5.11 Å². The minimum atomic E-state index is -0.363. The summed E-state index contributed by atoms with van der Waals surface area (Å²) in [4.78, 5) is 17.4. The summed E-state index contributed by atoms with van der Waals surface area (Å²) in [7, 11) is 0. The van der Waals surface area contributed by atoms with Crippen LogP contribution in [0.2, 0.25) is 0 Å². The molecule has 1 amide bonds. The molecule has 2 N–H and O–H groups in total. The summed E-state index contributed by atoms with van der Waals surface area (Å²) in [6.45, 7) is 6.97. The van der Waals surface area contributed by atoms with Gasteiger partial charge in [0.1, 0.15) is 0 Å². The summed E-state index contributed by atoms with van der Waals surface area (Å²) >= 11 is 1.46. The highest BCUT2D eigenvalue weighted by Crippen LogP contribution is 2.20. The zero-order chi connectivity index (χ0) is 12.8. The Bertz CT molecular complexity index is 365. The maximum Gasteiger partial charge on any atom is 0.225 e. The fraction of sp³-hybridized carbons (Fsp3) is 0.636. The van der Waals surface area contributed by atoms with E-state index in [0.717, 1.165) is 10.8 Å². The molecule has 0 aliphatic rings. The zero-order valence-electron chi connectivity index (χ0n) is 10.4. The van der Waals surface area contributed by atoms with Crippen LogP contribution in [0.25, 0.3) is 0 Å². The molecule has 0 fully saturated rings. The van der Waals surface area contributed by atoms with Gasteiger partial charge in [-0.3, -0.25) is 9.69 Å². The Hall–Kier alpha value is -0.980. The average molecular weight is 257 g/mol. The summed E-state index contributed by atoms with van der Waals surface area (Å²) in [5, 5.41) is 14.8. The van der Waals surface area contributed by atoms with Crippen LogP contribution >= 0.6 is 11.3 Å². The minimum absolute atomic E-state index is 0.00494. The van der Waals surface area contributed by atoms with Gasteiger partial charge >= 0.3 is 0 Å². The summed E-state index contributed by atoms with van der Waals surface area (Å²) < 4.78 is 0. The summed E-state index contributed by atoms with van der Waals surface area (Å²) in [6.07, 6.45) is -0.363. The molecule has 6 heteroatoms. The standard InChI is InChI=1S/C11H19N3O2S/c1-4-14(9(3)16)11-13-10(7-17-11)6-12-5-8(2)15/h7-8,12,15H,4-6H2,1-3H3. The van der Waals surface area contributed by atoms with E-state index in [1.165, 1.54) is 18.3 Å². The first-order chi connectivity index (χ1) is 8.04. The second kappa shape index (κ2) is 6.68. The predicted octanol–water partition coefficient (Wildman–Crippen LogP) is 0.986. The summed E-state index contributed by atoms with van der Waals surface area (Å²) in [5.74, 6) is 0.00494. The minimum Gasteiger partial charge on any atom is -0.392 e. The Kier molecular flexibility index (Phi) is 5.54. The van der Waals surface area contributed by atoms with E-state index < -0.39 is 0 Å². The highest BCUT2D eigenvalue weighted by atomic mass is 32.1. The number of thiazole rings is 1. The Morgan fingerprint density at radius 3 is 2.94 bits per heavy atom. The molecule has 1 aromatic heterocycles. The van der Waals surface area contributed by atoms with Crippen molar-refractivity contribution >= 4 is 22.4 Å². The summed E-state index contributed by atoms with van der Waals surface area (Å²) in [5.41, 5.74) is 0.894. The van der Waals surface area contributed by atoms with Crippen molar-refractivity contribution in [3.05, 3.63) is 11.1 Å². The molecule has 0 spiro atoms. The van der Waals surface area contributed by atoms with E-state index >= 15 is 0 Å². The monoisotopic (exact) mass is 257 g/mol. The van der Waals surface area contributed by atoms with Crippen LogP contribution in [0.5, 0.6) is 0 Å². The molecule has 0 bridgehead atoms. The molecule has 0 aromatic carbocycles. The number of aromatic nitrogens is 1. The van der Waals surface area contributed by atoms with E-state index in [1.807, 2.05) is 12.3 Å². The number of nitrogens with one attached hydrogen (secondary N) is 1. The SMILES string of the molecule is CCN(C(C)=O)c1nc(CNCC(C)O)cs1. The molecule has 17 heavy (non-hydrogen) atoms. The van der Waals surface area contributed by atoms with Crippen LogP contribution in [0.1, 0.15) is 26.5 Å². The number of carbonyl (C=O) groups is 1. The number of rotatable bonds is 6. The molecule has 1 heterocycles. The summed E-state index contributed by atoms with van der Waals surface area (Å²) in [6, 6.07) is 0. The first-order valence-corrected chi connectivity index (χ1v) is 6.53. The molecule has 1 atom stereocenters. The number of nitrogens with zero attached hydrogens (tertiary/aromatic N) is 2. The predicted molar refractivity (Wildman–Crippen MR) is 69.2 cm³/mol. The smallest absolute Gasteiger partial charge is 0.225 e. The quantitative estimate of drug-likeness (QED) is 0.797. The molecule has 96 valence electrons. The Morgan fingerprint density at radius 1 is 1.71 bits per heavy atom. The van der Waals surface area contributed by atoms with E-state index in [2.05, 4.69) is 10.3 Å². The van der Waals surface area contributed by atoms with Crippen LogP contribution in [0, 0.1) is 0 Å². The van der Waals surface area contributed by atoms with Crippen LogP contribution in [0.3, 0.4) is 0 Å². The topological polar surface area (TPSA) is 65.5 Å². The first-order valence-electron chi connectivity index (χ1n) is 5.65. The van der Waals surface area contributed by atoms with Crippen molar-refractivity contribution in [2.75, 3.05) is 18.0 Å². The first kappa shape index (κ1) is 14.1. The van der Waals surface area contributed by atoms with Crippen LogP contribution < -0.4 is 10.2 Å². The van der Waals surface area contributed by atoms with Crippen LogP contribution in [-0.4, -0.2) is 35.2 Å². The molecule has 0 aliphatic heterocycles. The number of aliphatic hydroxyl groups is 1. The van der Waals surface area contributed by atoms with Crippen LogP contribution in [0.15, 0.2) is 5.38 Å². The lowest BCUT2D eigenvalue weighted by Crippen LogP contribution is -2.28. The maximum absolute atomic E-state index is 11.3. The van der Waals surface area contributed by atoms with Gasteiger partial charge in [-0.25, -0.2) is 4.98 Å². The largest absolute Gasteiger partial charge is 0.392 e. The normalized spacial score (nSPS) is 12.5. The van der Waals surface area contributed by atoms with Gasteiger partial charge in [0.15, 0.2) is 5.13 Å². The van der Waals surface area contributed by atoms with Gasteiger partial charge in [0, 0.05) is 31.9 Å². The fourth-order valence-corrected chi connectivity index (χ4v) is 2.34. The van der Waals surface area contributed by atoms with Crippen molar-refractivity contribution in [2.24, 2.45) is 0 Å². The van der Waals surface area contributed by atoms with E-state index in [0.29, 0.717) is 19.6 Å². The lowest BCUT2D eigenvalue weighted by molar-refractivity contribution is -0.116. The van der Waals surface area contributed by atoms with E-state index in [1.54, 1.807) is 11.8 Å². The van der Waals surface area contributed by atoms with Gasteiger partial charge < -0.3 is 10.4 Å². The Morgan fingerprint density at radius 2 is 2.41 bits per heavy atom. The van der Waals surface area contributed by atoms with Crippen molar-refractivity contribution in [1.29, 1.82) is 0 Å². The lowest BCUT2D eigenvalue weighted by Gasteiger charge is -2.14. The number of carbonyl (C=O) groups excluding carboxylic acids is 1. The van der Waals surface area contributed by atoms with Gasteiger partial charge in [-0.1, -0.05) is 0 Å². The molecular weight excluding hydrogens is 238 g/mol. The highest BCUT2D eigenvalue weighted by Gasteiger charge is 2.13. The molecule has 0 radical (unpaired) electrons. The number of anilines is 1. The van der Waals surface area contributed by atoms with Crippen LogP contribution in [0.4, 0.5) is 5.13 Å². The number of hydrogen-bond donors (Lipinski definition) is 2. The van der Waals surface area contributed by atoms with E-state index in [-0.39, 0.29) is 12.0 Å². The second-order valence-electron chi connectivity index (χ2n) is 3.86. The van der Waals surface area contributed by atoms with Crippen molar-refractivity contribution in [3.63, 3.8) is 0 Å². The van der Waals surface area contributed by atoms with Crippen LogP contribution in [-0.2, 0) is 11.3 Å². The number of amides is 1. The van der Waals surface area contributed by atoms with Crippen molar-refractivity contribution in [1.82, 2.24) is 10.3 Å². The van der Waals surface area contributed by atoms with Gasteiger partial charge in [-0.05, 0) is 13.8 Å². The molecule has 0 aliphatic carbocycles. The number of aliphatic hydroxyl groups excluding tert-OH is 1. The van der Waals surface area contributed by atoms with Gasteiger partial charge in [-0.2, -0.15) is 0 Å². The second-order valence-corrected chi connectivity index (χ2v) is 4.70. The van der Waals surface area contributed by atoms with Gasteiger partial charge in [-0.15, -0.1) is 11.3 Å². The third kappa shape index (κ3) is 4.41. The molecular formula is C11H19N3O2S. The third-order valence-electron chi connectivity index (χ3n) is 2.21. The maximum atomic E-state index is 11.3. The van der Waals surface area contributed by atoms with Crippen molar-refractivity contribution in [2.45, 2.75) is 33.4 Å². The molecule has 0 saturated carbocycles. The Labute approximate surface area is 105 Å². The molecule has 1 unspecified atom stereocenters. The molecule has 5 nitrogen and oxygen atoms in total. The van der Waals surface area contributed by atoms with Gasteiger partial charge in [0.2, 0.25) is 5.91 Å².